The molecule has 0 bridgehead atoms. The van der Waals surface area contributed by atoms with Crippen LogP contribution in [0.3, 0.4) is 0 Å². The van der Waals surface area contributed by atoms with Gasteiger partial charge in [0.25, 0.3) is 0 Å². The predicted molar refractivity (Wildman–Crippen MR) is 64.2 cm³/mol. The van der Waals surface area contributed by atoms with E-state index in [-0.39, 0.29) is 10.0 Å². The second kappa shape index (κ2) is 5.80. The molecule has 0 aliphatic carbocycles. The maximum atomic E-state index is 13.0. The highest BCUT2D eigenvalue weighted by Crippen LogP contribution is 2.42. The van der Waals surface area contributed by atoms with Crippen LogP contribution in [0.4, 0.5) is 27.6 Å². The largest absolute Gasteiger partial charge is 0.477 e. The lowest BCUT2D eigenvalue weighted by atomic mass is 10.2. The van der Waals surface area contributed by atoms with Crippen molar-refractivity contribution < 1.29 is 31.6 Å². The second-order valence-corrected chi connectivity index (χ2v) is 4.69. The molecule has 0 N–H and O–H groups in total. The Bertz CT molecular complexity index is 564. The molecule has 1 atom stereocenters. The molecule has 1 rings (SSSR count). The molecule has 0 spiro atoms. The molecule has 11 heteroatoms. The van der Waals surface area contributed by atoms with Crippen LogP contribution in [0.2, 0.25) is 10.0 Å². The number of rotatable bonds is 4. The van der Waals surface area contributed by atoms with Crippen LogP contribution < -0.4 is 4.74 Å². The molecule has 4 nitrogen and oxygen atoms in total. The zero-order valence-corrected chi connectivity index (χ0v) is 11.6. The van der Waals surface area contributed by atoms with Crippen LogP contribution in [0.1, 0.15) is 6.92 Å². The summed E-state index contributed by atoms with van der Waals surface area (Å²) >= 11 is 11.0. The Morgan fingerprint density at radius 3 is 2.10 bits per heavy atom. The van der Waals surface area contributed by atoms with Crippen molar-refractivity contribution in [2.75, 3.05) is 0 Å². The zero-order chi connectivity index (χ0) is 16.6. The Hall–Kier alpha value is -1.35. The third-order valence-electron chi connectivity index (χ3n) is 2.39. The van der Waals surface area contributed by atoms with Gasteiger partial charge in [0, 0.05) is 12.1 Å². The molecular weight excluding hydrogens is 348 g/mol. The number of benzene rings is 1. The third kappa shape index (κ3) is 3.65. The number of hydrogen-bond donors (Lipinski definition) is 0. The van der Waals surface area contributed by atoms with Crippen molar-refractivity contribution in [1.82, 2.24) is 0 Å². The van der Waals surface area contributed by atoms with E-state index in [9.17, 15) is 32.1 Å². The van der Waals surface area contributed by atoms with Crippen LogP contribution in [0.15, 0.2) is 12.1 Å². The molecule has 118 valence electrons. The number of halogens is 7. The van der Waals surface area contributed by atoms with Crippen molar-refractivity contribution >= 4 is 28.9 Å². The first-order chi connectivity index (χ1) is 9.37. The summed E-state index contributed by atoms with van der Waals surface area (Å²) in [6.07, 6.45) is -8.56. The SMILES string of the molecule is CC(Oc1cc(Cl)c(Cl)cc1[N+](=O)[O-])C(F)(F)C(F)(F)F. The van der Waals surface area contributed by atoms with Crippen LogP contribution in [-0.4, -0.2) is 23.1 Å². The van der Waals surface area contributed by atoms with Gasteiger partial charge in [-0.2, -0.15) is 22.0 Å². The number of nitro benzene ring substituents is 1. The van der Waals surface area contributed by atoms with Gasteiger partial charge in [-0.15, -0.1) is 0 Å². The molecule has 1 aromatic rings. The number of nitrogens with zero attached hydrogens (tertiary/aromatic N) is 1. The second-order valence-electron chi connectivity index (χ2n) is 3.87. The number of ether oxygens (including phenoxy) is 1. The lowest BCUT2D eigenvalue weighted by Gasteiger charge is -2.26. The summed E-state index contributed by atoms with van der Waals surface area (Å²) in [5.74, 6) is -6.04. The van der Waals surface area contributed by atoms with E-state index in [1.54, 1.807) is 0 Å². The molecule has 0 aliphatic rings. The Morgan fingerprint density at radius 2 is 1.67 bits per heavy atom. The lowest BCUT2D eigenvalue weighted by molar-refractivity contribution is -0.386. The van der Waals surface area contributed by atoms with E-state index in [1.165, 1.54) is 0 Å². The summed E-state index contributed by atoms with van der Waals surface area (Å²) in [4.78, 5) is 9.68. The van der Waals surface area contributed by atoms with Gasteiger partial charge in [0.2, 0.25) is 0 Å². The topological polar surface area (TPSA) is 52.4 Å². The van der Waals surface area contributed by atoms with Gasteiger partial charge < -0.3 is 4.74 Å². The third-order valence-corrected chi connectivity index (χ3v) is 3.11. The van der Waals surface area contributed by atoms with E-state index in [4.69, 9.17) is 23.2 Å². The van der Waals surface area contributed by atoms with Crippen molar-refractivity contribution in [3.05, 3.63) is 32.3 Å². The van der Waals surface area contributed by atoms with E-state index in [0.29, 0.717) is 19.1 Å². The fraction of sp³-hybridized carbons (Fsp3) is 0.400. The molecule has 0 saturated carbocycles. The molecular formula is C10H6Cl2F5NO3. The molecule has 0 amide bonds. The van der Waals surface area contributed by atoms with Crippen LogP contribution in [0.5, 0.6) is 5.75 Å². The molecule has 0 heterocycles. The van der Waals surface area contributed by atoms with Gasteiger partial charge in [0.1, 0.15) is 0 Å². The molecule has 0 aliphatic heterocycles. The monoisotopic (exact) mass is 353 g/mol. The Labute approximate surface area is 124 Å². The highest BCUT2D eigenvalue weighted by Gasteiger charge is 2.62. The molecule has 0 fully saturated rings. The number of nitro groups is 1. The van der Waals surface area contributed by atoms with Gasteiger partial charge in [-0.3, -0.25) is 10.1 Å². The van der Waals surface area contributed by atoms with Crippen molar-refractivity contribution in [3.63, 3.8) is 0 Å². The minimum atomic E-state index is -5.86. The van der Waals surface area contributed by atoms with Gasteiger partial charge >= 0.3 is 17.8 Å². The summed E-state index contributed by atoms with van der Waals surface area (Å²) < 4.78 is 67.0. The van der Waals surface area contributed by atoms with E-state index < -0.39 is 34.6 Å². The van der Waals surface area contributed by atoms with Crippen LogP contribution in [-0.2, 0) is 0 Å². The normalized spacial score (nSPS) is 13.9. The average molecular weight is 354 g/mol. The van der Waals surface area contributed by atoms with E-state index in [0.717, 1.165) is 0 Å². The predicted octanol–water partition coefficient (Wildman–Crippen LogP) is 4.87. The molecule has 1 aromatic carbocycles. The Balaban J connectivity index is 3.19. The molecule has 1 unspecified atom stereocenters. The quantitative estimate of drug-likeness (QED) is 0.441. The zero-order valence-electron chi connectivity index (χ0n) is 10.0. The van der Waals surface area contributed by atoms with Crippen LogP contribution in [0, 0.1) is 10.1 Å². The smallest absolute Gasteiger partial charge is 0.457 e. The molecule has 0 radical (unpaired) electrons. The minimum Gasteiger partial charge on any atom is -0.477 e. The maximum Gasteiger partial charge on any atom is 0.457 e. The fourth-order valence-corrected chi connectivity index (χ4v) is 1.56. The molecule has 0 saturated heterocycles. The lowest BCUT2D eigenvalue weighted by Crippen LogP contribution is -2.48. The van der Waals surface area contributed by atoms with Gasteiger partial charge in [-0.1, -0.05) is 23.2 Å². The Morgan fingerprint density at radius 1 is 1.19 bits per heavy atom. The van der Waals surface area contributed by atoms with Crippen molar-refractivity contribution in [2.45, 2.75) is 25.1 Å². The van der Waals surface area contributed by atoms with Crippen LogP contribution >= 0.6 is 23.2 Å². The summed E-state index contributed by atoms with van der Waals surface area (Å²) in [7, 11) is 0. The first kappa shape index (κ1) is 17.7. The Kier molecular flexibility index (Phi) is 4.89. The standard InChI is InChI=1S/C10H6Cl2F5NO3/c1-4(9(13,14)10(15,16)17)21-8-3-6(12)5(11)2-7(8)18(19)20/h2-4H,1H3. The minimum absolute atomic E-state index is 0.272. The van der Waals surface area contributed by atoms with Gasteiger partial charge in [0.05, 0.1) is 15.0 Å². The molecule has 21 heavy (non-hydrogen) atoms. The number of hydrogen-bond acceptors (Lipinski definition) is 3. The van der Waals surface area contributed by atoms with Crippen molar-refractivity contribution in [2.24, 2.45) is 0 Å². The van der Waals surface area contributed by atoms with Crippen molar-refractivity contribution in [3.8, 4) is 5.75 Å². The fourth-order valence-electron chi connectivity index (χ4n) is 1.25. The van der Waals surface area contributed by atoms with Gasteiger partial charge in [0.15, 0.2) is 11.9 Å². The van der Waals surface area contributed by atoms with Gasteiger partial charge in [-0.05, 0) is 6.92 Å². The summed E-state index contributed by atoms with van der Waals surface area (Å²) in [5.41, 5.74) is -0.880. The van der Waals surface area contributed by atoms with Crippen LogP contribution in [0.25, 0.3) is 0 Å². The van der Waals surface area contributed by atoms with Gasteiger partial charge in [-0.25, -0.2) is 0 Å². The van der Waals surface area contributed by atoms with E-state index >= 15 is 0 Å². The molecule has 0 aromatic heterocycles. The highest BCUT2D eigenvalue weighted by atomic mass is 35.5. The first-order valence-corrected chi connectivity index (χ1v) is 5.88. The summed E-state index contributed by atoms with van der Waals surface area (Å²) in [5, 5.41) is 10.2. The van der Waals surface area contributed by atoms with E-state index in [1.807, 2.05) is 0 Å². The highest BCUT2D eigenvalue weighted by molar-refractivity contribution is 6.42. The number of alkyl halides is 5. The summed E-state index contributed by atoms with van der Waals surface area (Å²) in [6.45, 7) is 0.430. The first-order valence-electron chi connectivity index (χ1n) is 5.12. The summed E-state index contributed by atoms with van der Waals surface area (Å²) in [6, 6.07) is 1.39. The average Bonchev–Trinajstić information content (AvgIpc) is 2.31. The maximum absolute atomic E-state index is 13.0. The van der Waals surface area contributed by atoms with E-state index in [2.05, 4.69) is 4.74 Å². The van der Waals surface area contributed by atoms with Crippen molar-refractivity contribution in [1.29, 1.82) is 0 Å².